The smallest absolute Gasteiger partial charge is 0.251 e. The van der Waals surface area contributed by atoms with Crippen molar-refractivity contribution >= 4 is 34.7 Å². The van der Waals surface area contributed by atoms with Crippen LogP contribution in [0.25, 0.3) is 16.9 Å². The van der Waals surface area contributed by atoms with E-state index in [0.717, 1.165) is 5.56 Å². The molecule has 170 valence electrons. The van der Waals surface area contributed by atoms with Crippen molar-refractivity contribution in [1.82, 2.24) is 19.7 Å². The first-order chi connectivity index (χ1) is 15.9. The van der Waals surface area contributed by atoms with Crippen LogP contribution in [0, 0.1) is 11.6 Å². The molecule has 7 nitrogen and oxygen atoms in total. The van der Waals surface area contributed by atoms with Crippen LogP contribution >= 0.6 is 11.6 Å². The number of aromatic nitrogens is 3. The van der Waals surface area contributed by atoms with Gasteiger partial charge in [0.2, 0.25) is 0 Å². The average Bonchev–Trinajstić information content (AvgIpc) is 3.26. The Kier molecular flexibility index (Phi) is 6.52. The highest BCUT2D eigenvalue weighted by Crippen LogP contribution is 2.30. The lowest BCUT2D eigenvalue weighted by molar-refractivity contribution is 0.0954. The van der Waals surface area contributed by atoms with Gasteiger partial charge in [0.15, 0.2) is 23.1 Å². The second kappa shape index (κ2) is 9.51. The molecule has 33 heavy (non-hydrogen) atoms. The fourth-order valence-electron chi connectivity index (χ4n) is 3.53. The lowest BCUT2D eigenvalue weighted by Gasteiger charge is -2.12. The van der Waals surface area contributed by atoms with Crippen LogP contribution in [0.4, 0.5) is 20.3 Å². The Morgan fingerprint density at radius 2 is 2.00 bits per heavy atom. The van der Waals surface area contributed by atoms with Crippen molar-refractivity contribution in [3.63, 3.8) is 0 Å². The number of amides is 1. The minimum atomic E-state index is -1.11. The van der Waals surface area contributed by atoms with Gasteiger partial charge < -0.3 is 16.4 Å². The number of benzene rings is 2. The Labute approximate surface area is 193 Å². The Hall–Kier alpha value is -3.56. The van der Waals surface area contributed by atoms with Crippen LogP contribution in [0.1, 0.15) is 22.8 Å². The normalized spacial score (nSPS) is 11.1. The third-order valence-corrected chi connectivity index (χ3v) is 5.45. The Morgan fingerprint density at radius 1 is 1.18 bits per heavy atom. The van der Waals surface area contributed by atoms with Crippen molar-refractivity contribution in [2.24, 2.45) is 5.73 Å². The summed E-state index contributed by atoms with van der Waals surface area (Å²) in [6.45, 7) is 2.72. The predicted molar refractivity (Wildman–Crippen MR) is 124 cm³/mol. The van der Waals surface area contributed by atoms with Crippen molar-refractivity contribution in [2.75, 3.05) is 18.4 Å². The van der Waals surface area contributed by atoms with Gasteiger partial charge in [0.05, 0.1) is 16.9 Å². The number of anilines is 2. The maximum absolute atomic E-state index is 14.5. The summed E-state index contributed by atoms with van der Waals surface area (Å²) in [6, 6.07) is 8.06. The molecule has 2 aromatic heterocycles. The maximum Gasteiger partial charge on any atom is 0.251 e. The average molecular weight is 471 g/mol. The van der Waals surface area contributed by atoms with Crippen LogP contribution in [0.2, 0.25) is 5.02 Å². The van der Waals surface area contributed by atoms with Crippen molar-refractivity contribution in [3.05, 3.63) is 76.7 Å². The standard InChI is InChI=1S/C23H21ClF2N6O/c1-2-13-11-14(3-4-15(13)23(33)29-8-7-27)31-21-22-30-12-18(32(22)10-9-28-21)16-5-6-17(24)20(26)19(16)25/h3-6,9-12H,2,7-8,27H2,1H3,(H,28,31)(H,29,33). The minimum Gasteiger partial charge on any atom is -0.351 e. The van der Waals surface area contributed by atoms with Crippen molar-refractivity contribution in [3.8, 4) is 11.3 Å². The third-order valence-electron chi connectivity index (χ3n) is 5.16. The van der Waals surface area contributed by atoms with Crippen LogP contribution in [0.3, 0.4) is 0 Å². The van der Waals surface area contributed by atoms with Gasteiger partial charge in [-0.1, -0.05) is 18.5 Å². The third kappa shape index (κ3) is 4.37. The fraction of sp³-hybridized carbons (Fsp3) is 0.174. The van der Waals surface area contributed by atoms with E-state index in [1.807, 2.05) is 13.0 Å². The molecule has 4 rings (SSSR count). The summed E-state index contributed by atoms with van der Waals surface area (Å²) in [4.78, 5) is 21.0. The van der Waals surface area contributed by atoms with Gasteiger partial charge in [-0.25, -0.2) is 18.7 Å². The highest BCUT2D eigenvalue weighted by atomic mass is 35.5. The SMILES string of the molecule is CCc1cc(Nc2nccn3c(-c4ccc(Cl)c(F)c4F)cnc23)ccc1C(=O)NCCN. The van der Waals surface area contributed by atoms with Crippen LogP contribution in [-0.4, -0.2) is 33.4 Å². The van der Waals surface area contributed by atoms with Gasteiger partial charge in [0.1, 0.15) is 0 Å². The molecule has 1 amide bonds. The molecule has 0 spiro atoms. The van der Waals surface area contributed by atoms with Gasteiger partial charge in [-0.15, -0.1) is 0 Å². The number of hydrogen-bond acceptors (Lipinski definition) is 5. The Bertz CT molecular complexity index is 1340. The van der Waals surface area contributed by atoms with E-state index >= 15 is 0 Å². The zero-order valence-electron chi connectivity index (χ0n) is 17.7. The molecule has 0 aliphatic carbocycles. The summed E-state index contributed by atoms with van der Waals surface area (Å²) in [5, 5.41) is 5.68. The molecule has 0 fully saturated rings. The molecule has 4 N–H and O–H groups in total. The molecular weight excluding hydrogens is 450 g/mol. The predicted octanol–water partition coefficient (Wildman–Crippen LogP) is 4.32. The van der Waals surface area contributed by atoms with Gasteiger partial charge in [-0.05, 0) is 42.3 Å². The summed E-state index contributed by atoms with van der Waals surface area (Å²) in [6.07, 6.45) is 5.22. The van der Waals surface area contributed by atoms with Crippen molar-refractivity contribution in [2.45, 2.75) is 13.3 Å². The van der Waals surface area contributed by atoms with Crippen LogP contribution in [0.5, 0.6) is 0 Å². The number of hydrogen-bond donors (Lipinski definition) is 3. The first-order valence-corrected chi connectivity index (χ1v) is 10.7. The van der Waals surface area contributed by atoms with E-state index < -0.39 is 11.6 Å². The number of nitrogens with one attached hydrogen (secondary N) is 2. The summed E-state index contributed by atoms with van der Waals surface area (Å²) in [5.41, 5.74) is 8.39. The highest BCUT2D eigenvalue weighted by Gasteiger charge is 2.18. The topological polar surface area (TPSA) is 97.3 Å². The molecule has 0 saturated heterocycles. The summed E-state index contributed by atoms with van der Waals surface area (Å²) >= 11 is 5.67. The number of halogens is 3. The summed E-state index contributed by atoms with van der Waals surface area (Å²) in [5.74, 6) is -1.92. The second-order valence-corrected chi connectivity index (χ2v) is 7.64. The molecule has 10 heteroatoms. The van der Waals surface area contributed by atoms with E-state index in [-0.39, 0.29) is 16.5 Å². The molecular formula is C23H21ClF2N6O. The number of rotatable bonds is 7. The van der Waals surface area contributed by atoms with Crippen LogP contribution in [-0.2, 0) is 6.42 Å². The summed E-state index contributed by atoms with van der Waals surface area (Å²) < 4.78 is 30.1. The minimum absolute atomic E-state index is 0.0302. The number of imidazole rings is 1. The van der Waals surface area contributed by atoms with Gasteiger partial charge in [0, 0.05) is 42.3 Å². The number of aryl methyl sites for hydroxylation is 1. The lowest BCUT2D eigenvalue weighted by Crippen LogP contribution is -2.29. The number of nitrogens with two attached hydrogens (primary N) is 1. The lowest BCUT2D eigenvalue weighted by atomic mass is 10.0. The van der Waals surface area contributed by atoms with E-state index in [0.29, 0.717) is 47.9 Å². The molecule has 0 unspecified atom stereocenters. The Balaban J connectivity index is 1.68. The first-order valence-electron chi connectivity index (χ1n) is 10.3. The zero-order valence-corrected chi connectivity index (χ0v) is 18.5. The second-order valence-electron chi connectivity index (χ2n) is 7.23. The molecule has 0 aliphatic heterocycles. The number of nitrogens with zero attached hydrogens (tertiary/aromatic N) is 3. The van der Waals surface area contributed by atoms with Crippen molar-refractivity contribution < 1.29 is 13.6 Å². The van der Waals surface area contributed by atoms with Crippen LogP contribution < -0.4 is 16.4 Å². The monoisotopic (exact) mass is 470 g/mol. The maximum atomic E-state index is 14.5. The summed E-state index contributed by atoms with van der Waals surface area (Å²) in [7, 11) is 0. The van der Waals surface area contributed by atoms with Gasteiger partial charge >= 0.3 is 0 Å². The molecule has 0 bridgehead atoms. The molecule has 2 aromatic carbocycles. The molecule has 2 heterocycles. The quantitative estimate of drug-likeness (QED) is 0.349. The van der Waals surface area contributed by atoms with Crippen LogP contribution in [0.15, 0.2) is 48.9 Å². The molecule has 4 aromatic rings. The van der Waals surface area contributed by atoms with E-state index in [1.54, 1.807) is 22.7 Å². The highest BCUT2D eigenvalue weighted by molar-refractivity contribution is 6.30. The van der Waals surface area contributed by atoms with E-state index in [1.165, 1.54) is 24.5 Å². The molecule has 0 aliphatic rings. The number of fused-ring (bicyclic) bond motifs is 1. The fourth-order valence-corrected chi connectivity index (χ4v) is 3.68. The number of carbonyl (C=O) groups excluding carboxylic acids is 1. The Morgan fingerprint density at radius 3 is 2.76 bits per heavy atom. The van der Waals surface area contributed by atoms with E-state index in [2.05, 4.69) is 20.6 Å². The number of carbonyl (C=O) groups is 1. The largest absolute Gasteiger partial charge is 0.351 e. The van der Waals surface area contributed by atoms with Gasteiger partial charge in [0.25, 0.3) is 5.91 Å². The van der Waals surface area contributed by atoms with Gasteiger partial charge in [-0.3, -0.25) is 9.20 Å². The van der Waals surface area contributed by atoms with E-state index in [4.69, 9.17) is 17.3 Å². The molecule has 0 atom stereocenters. The molecule has 0 saturated carbocycles. The van der Waals surface area contributed by atoms with Gasteiger partial charge in [-0.2, -0.15) is 0 Å². The molecule has 0 radical (unpaired) electrons. The van der Waals surface area contributed by atoms with E-state index in [9.17, 15) is 13.6 Å². The first kappa shape index (κ1) is 22.6. The zero-order chi connectivity index (χ0) is 23.5. The van der Waals surface area contributed by atoms with Crippen molar-refractivity contribution in [1.29, 1.82) is 0 Å².